The number of halogens is 3. The maximum absolute atomic E-state index is 6.08. The monoisotopic (exact) mass is 279 g/mol. The van der Waals surface area contributed by atoms with Crippen LogP contribution in [0.1, 0.15) is 18.9 Å². The van der Waals surface area contributed by atoms with Crippen LogP contribution in [0.3, 0.4) is 0 Å². The molecule has 1 N–H and O–H groups in total. The molecule has 0 saturated heterocycles. The van der Waals surface area contributed by atoms with E-state index in [9.17, 15) is 0 Å². The number of hydrogen-bond acceptors (Lipinski definition) is 1. The Morgan fingerprint density at radius 1 is 1.19 bits per heavy atom. The van der Waals surface area contributed by atoms with Crippen LogP contribution in [0.25, 0.3) is 0 Å². The molecule has 1 aromatic rings. The van der Waals surface area contributed by atoms with E-state index < -0.39 is 0 Å². The Morgan fingerprint density at radius 3 is 2.31 bits per heavy atom. The van der Waals surface area contributed by atoms with E-state index >= 15 is 0 Å². The highest BCUT2D eigenvalue weighted by atomic mass is 35.5. The van der Waals surface area contributed by atoms with E-state index in [0.717, 1.165) is 17.0 Å². The maximum Gasteiger partial charge on any atom is 0.0453 e. The third-order valence-electron chi connectivity index (χ3n) is 2.80. The zero-order valence-corrected chi connectivity index (χ0v) is 11.5. The first-order valence-electron chi connectivity index (χ1n) is 5.28. The van der Waals surface area contributed by atoms with Gasteiger partial charge in [0.15, 0.2) is 0 Å². The standard InChI is InChI=1S/C12H16Cl3N/c1-2-12(8-13,9-14)16-7-10-5-3-4-6-11(10)15/h3-6,16H,2,7-9H2,1H3. The predicted octanol–water partition coefficient (Wildman–Crippen LogP) is 4.06. The minimum absolute atomic E-state index is 0.206. The summed E-state index contributed by atoms with van der Waals surface area (Å²) in [5.74, 6) is 0.995. The molecule has 0 heterocycles. The third-order valence-corrected chi connectivity index (χ3v) is 4.19. The van der Waals surface area contributed by atoms with Gasteiger partial charge in [0.1, 0.15) is 0 Å². The second-order valence-corrected chi connectivity index (χ2v) is 4.79. The highest BCUT2D eigenvalue weighted by Gasteiger charge is 2.25. The Labute approximate surface area is 112 Å². The van der Waals surface area contributed by atoms with E-state index in [4.69, 9.17) is 34.8 Å². The first kappa shape index (κ1) is 14.1. The molecular weight excluding hydrogens is 264 g/mol. The minimum Gasteiger partial charge on any atom is -0.305 e. The van der Waals surface area contributed by atoms with Crippen molar-refractivity contribution in [2.75, 3.05) is 11.8 Å². The summed E-state index contributed by atoms with van der Waals surface area (Å²) in [5.41, 5.74) is 0.861. The second-order valence-electron chi connectivity index (χ2n) is 3.85. The van der Waals surface area contributed by atoms with Crippen molar-refractivity contribution in [3.05, 3.63) is 34.9 Å². The lowest BCUT2D eigenvalue weighted by atomic mass is 10.0. The normalized spacial score (nSPS) is 11.8. The maximum atomic E-state index is 6.08. The summed E-state index contributed by atoms with van der Waals surface area (Å²) in [6, 6.07) is 7.77. The van der Waals surface area contributed by atoms with E-state index in [-0.39, 0.29) is 5.54 Å². The average Bonchev–Trinajstić information content (AvgIpc) is 2.34. The Balaban J connectivity index is 2.66. The van der Waals surface area contributed by atoms with Crippen LogP contribution in [-0.2, 0) is 6.54 Å². The fourth-order valence-electron chi connectivity index (χ4n) is 1.37. The quantitative estimate of drug-likeness (QED) is 0.775. The van der Waals surface area contributed by atoms with Gasteiger partial charge in [-0.2, -0.15) is 0 Å². The second kappa shape index (κ2) is 6.70. The first-order chi connectivity index (χ1) is 7.67. The first-order valence-corrected chi connectivity index (χ1v) is 6.72. The number of rotatable bonds is 6. The molecule has 0 spiro atoms. The molecule has 0 radical (unpaired) electrons. The van der Waals surface area contributed by atoms with Gasteiger partial charge < -0.3 is 5.32 Å². The van der Waals surface area contributed by atoms with Crippen LogP contribution in [0, 0.1) is 0 Å². The Hall–Kier alpha value is 0.0500. The lowest BCUT2D eigenvalue weighted by molar-refractivity contribution is 0.385. The topological polar surface area (TPSA) is 12.0 Å². The molecule has 0 saturated carbocycles. The van der Waals surface area contributed by atoms with Gasteiger partial charge in [-0.3, -0.25) is 0 Å². The number of nitrogens with one attached hydrogen (secondary N) is 1. The lowest BCUT2D eigenvalue weighted by Crippen LogP contribution is -2.47. The van der Waals surface area contributed by atoms with Gasteiger partial charge in [0.25, 0.3) is 0 Å². The Bertz CT molecular complexity index is 316. The largest absolute Gasteiger partial charge is 0.305 e. The van der Waals surface area contributed by atoms with Crippen molar-refractivity contribution in [3.63, 3.8) is 0 Å². The van der Waals surface area contributed by atoms with Crippen molar-refractivity contribution < 1.29 is 0 Å². The van der Waals surface area contributed by atoms with Crippen LogP contribution in [-0.4, -0.2) is 17.3 Å². The molecule has 16 heavy (non-hydrogen) atoms. The molecule has 0 unspecified atom stereocenters. The van der Waals surface area contributed by atoms with Gasteiger partial charge in [-0.25, -0.2) is 0 Å². The molecule has 0 bridgehead atoms. The highest BCUT2D eigenvalue weighted by Crippen LogP contribution is 2.19. The van der Waals surface area contributed by atoms with Crippen molar-refractivity contribution in [2.45, 2.75) is 25.4 Å². The summed E-state index contributed by atoms with van der Waals surface area (Å²) in [5, 5.41) is 4.16. The molecule has 0 amide bonds. The van der Waals surface area contributed by atoms with Crippen molar-refractivity contribution in [1.82, 2.24) is 5.32 Å². The van der Waals surface area contributed by atoms with Crippen molar-refractivity contribution in [3.8, 4) is 0 Å². The van der Waals surface area contributed by atoms with Gasteiger partial charge >= 0.3 is 0 Å². The Kier molecular flexibility index (Phi) is 5.91. The molecule has 90 valence electrons. The molecule has 0 aliphatic heterocycles. The molecule has 1 nitrogen and oxygen atoms in total. The zero-order valence-electron chi connectivity index (χ0n) is 9.27. The van der Waals surface area contributed by atoms with E-state index in [2.05, 4.69) is 12.2 Å². The van der Waals surface area contributed by atoms with Crippen molar-refractivity contribution in [2.24, 2.45) is 0 Å². The summed E-state index contributed by atoms with van der Waals surface area (Å²) >= 11 is 18.0. The average molecular weight is 281 g/mol. The minimum atomic E-state index is -0.206. The van der Waals surface area contributed by atoms with Crippen LogP contribution in [0.2, 0.25) is 5.02 Å². The molecular formula is C12H16Cl3N. The molecule has 1 aromatic carbocycles. The van der Waals surface area contributed by atoms with Crippen LogP contribution >= 0.6 is 34.8 Å². The number of alkyl halides is 2. The fraction of sp³-hybridized carbons (Fsp3) is 0.500. The SMILES string of the molecule is CCC(CCl)(CCl)NCc1ccccc1Cl. The van der Waals surface area contributed by atoms with Gasteiger partial charge in [0, 0.05) is 28.9 Å². The smallest absolute Gasteiger partial charge is 0.0453 e. The predicted molar refractivity (Wildman–Crippen MR) is 72.8 cm³/mol. The highest BCUT2D eigenvalue weighted by molar-refractivity contribution is 6.31. The van der Waals surface area contributed by atoms with Gasteiger partial charge in [-0.05, 0) is 18.1 Å². The summed E-state index contributed by atoms with van der Waals surface area (Å²) < 4.78 is 0. The molecule has 0 aliphatic rings. The molecule has 1 rings (SSSR count). The van der Waals surface area contributed by atoms with Crippen molar-refractivity contribution in [1.29, 1.82) is 0 Å². The van der Waals surface area contributed by atoms with Gasteiger partial charge in [-0.15, -0.1) is 23.2 Å². The van der Waals surface area contributed by atoms with Gasteiger partial charge in [0.2, 0.25) is 0 Å². The van der Waals surface area contributed by atoms with E-state index in [1.807, 2.05) is 24.3 Å². The van der Waals surface area contributed by atoms with E-state index in [1.54, 1.807) is 0 Å². The molecule has 0 aromatic heterocycles. The van der Waals surface area contributed by atoms with Crippen molar-refractivity contribution >= 4 is 34.8 Å². The summed E-state index contributed by atoms with van der Waals surface area (Å²) in [7, 11) is 0. The van der Waals surface area contributed by atoms with Crippen LogP contribution in [0.15, 0.2) is 24.3 Å². The molecule has 0 fully saturated rings. The van der Waals surface area contributed by atoms with Gasteiger partial charge in [-0.1, -0.05) is 36.7 Å². The van der Waals surface area contributed by atoms with Crippen LogP contribution in [0.4, 0.5) is 0 Å². The molecule has 0 aliphatic carbocycles. The van der Waals surface area contributed by atoms with Gasteiger partial charge in [0.05, 0.1) is 0 Å². The third kappa shape index (κ3) is 3.53. The van der Waals surface area contributed by atoms with E-state index in [0.29, 0.717) is 18.3 Å². The Morgan fingerprint density at radius 2 is 1.81 bits per heavy atom. The van der Waals surface area contributed by atoms with E-state index in [1.165, 1.54) is 0 Å². The lowest BCUT2D eigenvalue weighted by Gasteiger charge is -2.29. The zero-order chi connectivity index (χ0) is 12.0. The summed E-state index contributed by atoms with van der Waals surface area (Å²) in [6.45, 7) is 2.76. The fourth-order valence-corrected chi connectivity index (χ4v) is 2.42. The van der Waals surface area contributed by atoms with Crippen LogP contribution in [0.5, 0.6) is 0 Å². The molecule has 0 atom stereocenters. The summed E-state index contributed by atoms with van der Waals surface area (Å²) in [4.78, 5) is 0. The van der Waals surface area contributed by atoms with Crippen LogP contribution < -0.4 is 5.32 Å². The number of hydrogen-bond donors (Lipinski definition) is 1. The number of benzene rings is 1. The molecule has 4 heteroatoms. The summed E-state index contributed by atoms with van der Waals surface area (Å²) in [6.07, 6.45) is 0.893.